The van der Waals surface area contributed by atoms with Gasteiger partial charge in [0.2, 0.25) is 5.71 Å². The van der Waals surface area contributed by atoms with E-state index in [0.29, 0.717) is 0 Å². The molecule has 20 heavy (non-hydrogen) atoms. The second-order valence-electron chi connectivity index (χ2n) is 3.38. The number of carbonyl (C=O) groups excluding carboxylic acids is 1. The highest BCUT2D eigenvalue weighted by molar-refractivity contribution is 6.10. The molecule has 0 aliphatic carbocycles. The molecule has 1 N–H and O–H groups in total. The maximum Gasteiger partial charge on any atom is 0.338 e. The van der Waals surface area contributed by atoms with E-state index in [1.54, 1.807) is 0 Å². The number of benzene rings is 1. The number of nitrogens with zero attached hydrogens (tertiary/aromatic N) is 3. The normalized spacial score (nSPS) is 8.75. The molecular weight excluding hydrogens is 263 g/mol. The highest BCUT2D eigenvalue weighted by Gasteiger charge is 2.10. The monoisotopic (exact) mass is 272 g/mol. The molecule has 0 aliphatic heterocycles. The van der Waals surface area contributed by atoms with Crippen LogP contribution in [0.4, 0.5) is 10.1 Å². The molecule has 1 rings (SSSR count). The van der Waals surface area contributed by atoms with Gasteiger partial charge in [0.25, 0.3) is 0 Å². The number of halogens is 1. The first-order chi connectivity index (χ1) is 9.62. The van der Waals surface area contributed by atoms with E-state index in [4.69, 9.17) is 15.3 Å². The summed E-state index contributed by atoms with van der Waals surface area (Å²) in [6.45, 7) is 3.41. The molecule has 100 valence electrons. The fourth-order valence-electron chi connectivity index (χ4n) is 1.14. The summed E-state index contributed by atoms with van der Waals surface area (Å²) in [5, 5.41) is 20.3. The van der Waals surface area contributed by atoms with Crippen LogP contribution in [0.25, 0.3) is 0 Å². The number of ether oxygens (including phenoxy) is 1. The van der Waals surface area contributed by atoms with Crippen molar-refractivity contribution in [2.24, 2.45) is 5.10 Å². The summed E-state index contributed by atoms with van der Waals surface area (Å²) in [5.74, 6) is -1.45. The number of hydrogen-bond donors (Lipinski definition) is 1. The summed E-state index contributed by atoms with van der Waals surface area (Å²) in [4.78, 5) is 11.5. The van der Waals surface area contributed by atoms with Gasteiger partial charge in [-0.25, -0.2) is 9.18 Å². The Kier molecular flexibility index (Phi) is 5.42. The molecule has 0 amide bonds. The number of hydrogen-bond acceptors (Lipinski definition) is 6. The van der Waals surface area contributed by atoms with Crippen LogP contribution in [0.15, 0.2) is 36.0 Å². The van der Waals surface area contributed by atoms with E-state index >= 15 is 0 Å². The average molecular weight is 272 g/mol. The lowest BCUT2D eigenvalue weighted by atomic mass is 10.2. The van der Waals surface area contributed by atoms with Gasteiger partial charge in [0.1, 0.15) is 24.6 Å². The van der Waals surface area contributed by atoms with Crippen molar-refractivity contribution >= 4 is 17.4 Å². The summed E-state index contributed by atoms with van der Waals surface area (Å²) in [5.41, 5.74) is 1.73. The standard InChI is InChI=1S/C13H9FN4O2/c1-2-5-20-13(19)9-3-4-12(11(14)6-9)18-17-10(7-15)8-16/h2-4,6,18H,1,5H2. The molecule has 7 heteroatoms. The first-order valence-corrected chi connectivity index (χ1v) is 5.33. The van der Waals surface area contributed by atoms with E-state index in [2.05, 4.69) is 17.1 Å². The summed E-state index contributed by atoms with van der Waals surface area (Å²) in [6, 6.07) is 6.56. The molecule has 0 radical (unpaired) electrons. The van der Waals surface area contributed by atoms with Crippen LogP contribution < -0.4 is 5.43 Å². The van der Waals surface area contributed by atoms with Crippen molar-refractivity contribution in [2.75, 3.05) is 12.0 Å². The minimum atomic E-state index is -0.767. The lowest BCUT2D eigenvalue weighted by molar-refractivity contribution is 0.0549. The lowest BCUT2D eigenvalue weighted by Gasteiger charge is -2.05. The van der Waals surface area contributed by atoms with Crippen LogP contribution in [0, 0.1) is 28.5 Å². The number of carbonyl (C=O) groups is 1. The number of nitrogens with one attached hydrogen (secondary N) is 1. The molecule has 0 aromatic heterocycles. The Morgan fingerprint density at radius 1 is 1.50 bits per heavy atom. The molecule has 0 unspecified atom stereocenters. The molecule has 1 aromatic rings. The Labute approximate surface area is 114 Å². The predicted molar refractivity (Wildman–Crippen MR) is 69.2 cm³/mol. The molecule has 1 aromatic carbocycles. The van der Waals surface area contributed by atoms with Crippen molar-refractivity contribution in [1.29, 1.82) is 10.5 Å². The Hall–Kier alpha value is -3.19. The topological polar surface area (TPSA) is 98.3 Å². The Balaban J connectivity index is 2.87. The van der Waals surface area contributed by atoms with Gasteiger partial charge in [-0.1, -0.05) is 12.7 Å². The summed E-state index contributed by atoms with van der Waals surface area (Å²) < 4.78 is 18.4. The number of anilines is 1. The summed E-state index contributed by atoms with van der Waals surface area (Å²) in [6.07, 6.45) is 1.39. The molecule has 0 atom stereocenters. The minimum absolute atomic E-state index is 0.0262. The van der Waals surface area contributed by atoms with E-state index in [-0.39, 0.29) is 17.9 Å². The third-order valence-electron chi connectivity index (χ3n) is 2.04. The number of hydrazone groups is 1. The van der Waals surface area contributed by atoms with Gasteiger partial charge in [0.15, 0.2) is 0 Å². The maximum absolute atomic E-state index is 13.7. The quantitative estimate of drug-likeness (QED) is 0.382. The van der Waals surface area contributed by atoms with E-state index in [9.17, 15) is 9.18 Å². The van der Waals surface area contributed by atoms with Crippen molar-refractivity contribution in [3.63, 3.8) is 0 Å². The van der Waals surface area contributed by atoms with Crippen LogP contribution in [0.2, 0.25) is 0 Å². The first-order valence-electron chi connectivity index (χ1n) is 5.33. The fourth-order valence-corrected chi connectivity index (χ4v) is 1.14. The summed E-state index contributed by atoms with van der Waals surface area (Å²) in [7, 11) is 0. The van der Waals surface area contributed by atoms with Crippen LogP contribution in [0.3, 0.4) is 0 Å². The van der Waals surface area contributed by atoms with Gasteiger partial charge in [-0.2, -0.15) is 15.6 Å². The van der Waals surface area contributed by atoms with Crippen molar-refractivity contribution < 1.29 is 13.9 Å². The van der Waals surface area contributed by atoms with Crippen LogP contribution in [0.5, 0.6) is 0 Å². The molecule has 0 heterocycles. The average Bonchev–Trinajstić information content (AvgIpc) is 2.47. The molecule has 0 bridgehead atoms. The zero-order valence-electron chi connectivity index (χ0n) is 10.3. The van der Waals surface area contributed by atoms with Gasteiger partial charge in [-0.15, -0.1) is 0 Å². The van der Waals surface area contributed by atoms with E-state index in [0.717, 1.165) is 6.07 Å². The summed E-state index contributed by atoms with van der Waals surface area (Å²) >= 11 is 0. The highest BCUT2D eigenvalue weighted by Crippen LogP contribution is 2.16. The third kappa shape index (κ3) is 3.93. The second kappa shape index (κ2) is 7.29. The second-order valence-corrected chi connectivity index (χ2v) is 3.38. The molecule has 0 saturated heterocycles. The van der Waals surface area contributed by atoms with Gasteiger partial charge in [-0.3, -0.25) is 5.43 Å². The van der Waals surface area contributed by atoms with Crippen LogP contribution in [-0.4, -0.2) is 18.3 Å². The van der Waals surface area contributed by atoms with Gasteiger partial charge in [0.05, 0.1) is 11.3 Å². The molecule has 0 spiro atoms. The molecule has 0 aliphatic rings. The smallest absolute Gasteiger partial charge is 0.338 e. The fraction of sp³-hybridized carbons (Fsp3) is 0.0769. The number of rotatable bonds is 5. The van der Waals surface area contributed by atoms with Crippen LogP contribution in [0.1, 0.15) is 10.4 Å². The molecule has 0 fully saturated rings. The zero-order valence-corrected chi connectivity index (χ0v) is 10.3. The van der Waals surface area contributed by atoms with E-state index in [1.807, 2.05) is 0 Å². The minimum Gasteiger partial charge on any atom is -0.458 e. The molecule has 0 saturated carbocycles. The lowest BCUT2D eigenvalue weighted by Crippen LogP contribution is -2.06. The zero-order chi connectivity index (χ0) is 15.0. The van der Waals surface area contributed by atoms with Crippen molar-refractivity contribution in [2.45, 2.75) is 0 Å². The van der Waals surface area contributed by atoms with Crippen molar-refractivity contribution in [3.8, 4) is 12.1 Å². The van der Waals surface area contributed by atoms with Crippen molar-refractivity contribution in [3.05, 3.63) is 42.2 Å². The Morgan fingerprint density at radius 2 is 2.20 bits per heavy atom. The van der Waals surface area contributed by atoms with E-state index in [1.165, 1.54) is 30.3 Å². The Morgan fingerprint density at radius 3 is 2.75 bits per heavy atom. The number of nitriles is 2. The largest absolute Gasteiger partial charge is 0.458 e. The third-order valence-corrected chi connectivity index (χ3v) is 2.04. The molecular formula is C13H9FN4O2. The Bertz CT molecular complexity index is 625. The van der Waals surface area contributed by atoms with Gasteiger partial charge >= 0.3 is 5.97 Å². The van der Waals surface area contributed by atoms with Crippen molar-refractivity contribution in [1.82, 2.24) is 0 Å². The predicted octanol–water partition coefficient (Wildman–Crippen LogP) is 1.98. The SMILES string of the molecule is C=CCOC(=O)c1ccc(NN=C(C#N)C#N)c(F)c1. The van der Waals surface area contributed by atoms with Gasteiger partial charge in [-0.05, 0) is 18.2 Å². The van der Waals surface area contributed by atoms with Crippen LogP contribution >= 0.6 is 0 Å². The molecule has 6 nitrogen and oxygen atoms in total. The van der Waals surface area contributed by atoms with Gasteiger partial charge < -0.3 is 4.74 Å². The highest BCUT2D eigenvalue weighted by atomic mass is 19.1. The maximum atomic E-state index is 13.7. The van der Waals surface area contributed by atoms with E-state index < -0.39 is 17.5 Å². The van der Waals surface area contributed by atoms with Gasteiger partial charge in [0, 0.05) is 0 Å². The number of esters is 1. The van der Waals surface area contributed by atoms with Crippen LogP contribution in [-0.2, 0) is 4.74 Å². The first kappa shape index (κ1) is 14.9.